The molecular weight excluding hydrogens is 418 g/mol. The Morgan fingerprint density at radius 1 is 0.933 bits per heavy atom. The largest absolute Gasteiger partial charge is 0.480 e. The van der Waals surface area contributed by atoms with Crippen LogP contribution in [0.3, 0.4) is 0 Å². The third-order valence-electron chi connectivity index (χ3n) is 4.22. The lowest BCUT2D eigenvalue weighted by atomic mass is 10.2. The Bertz CT molecular complexity index is 914. The average Bonchev–Trinajstić information content (AvgIpc) is 2.65. The smallest absolute Gasteiger partial charge is 0.325 e. The Kier molecular flexibility index (Phi) is 8.49. The van der Waals surface area contributed by atoms with Gasteiger partial charge in [0.1, 0.15) is 18.1 Å². The normalized spacial score (nSPS) is 14.4. The van der Waals surface area contributed by atoms with Crippen LogP contribution in [-0.2, 0) is 29.2 Å². The molecule has 0 heterocycles. The van der Waals surface area contributed by atoms with Crippen LogP contribution in [0.1, 0.15) is 26.3 Å². The zero-order valence-corrected chi connectivity index (χ0v) is 17.8. The Morgan fingerprint density at radius 3 is 1.87 bits per heavy atom. The number of hydrogen-bond donors (Lipinski definition) is 4. The van der Waals surface area contributed by atoms with E-state index in [1.54, 1.807) is 6.92 Å². The first-order chi connectivity index (χ1) is 13.8. The van der Waals surface area contributed by atoms with Gasteiger partial charge in [0.15, 0.2) is 0 Å². The molecule has 1 aromatic carbocycles. The Balaban J connectivity index is 3.25. The number of rotatable bonds is 10. The highest BCUT2D eigenvalue weighted by atomic mass is 32.2. The second kappa shape index (κ2) is 10.2. The number of aryl methyl sites for hydroxylation is 1. The second-order valence-corrected chi connectivity index (χ2v) is 8.63. The van der Waals surface area contributed by atoms with Crippen molar-refractivity contribution in [3.8, 4) is 0 Å². The Morgan fingerprint density at radius 2 is 1.40 bits per heavy atom. The van der Waals surface area contributed by atoms with Crippen LogP contribution in [0, 0.1) is 6.92 Å². The maximum atomic E-state index is 13.1. The fourth-order valence-corrected chi connectivity index (χ4v) is 3.84. The van der Waals surface area contributed by atoms with E-state index in [1.165, 1.54) is 45.0 Å². The lowest BCUT2D eigenvalue weighted by Crippen LogP contribution is -2.54. The van der Waals surface area contributed by atoms with Crippen LogP contribution in [0.25, 0.3) is 0 Å². The van der Waals surface area contributed by atoms with Crippen LogP contribution < -0.4 is 10.6 Å². The highest BCUT2D eigenvalue weighted by Gasteiger charge is 2.36. The fraction of sp³-hybridized carbons (Fsp3) is 0.444. The molecule has 1 aromatic rings. The van der Waals surface area contributed by atoms with Gasteiger partial charge in [0, 0.05) is 0 Å². The summed E-state index contributed by atoms with van der Waals surface area (Å²) >= 11 is 0. The van der Waals surface area contributed by atoms with Crippen LogP contribution in [0.4, 0.5) is 0 Å². The molecule has 0 saturated carbocycles. The molecule has 0 bridgehead atoms. The molecule has 0 spiro atoms. The molecule has 30 heavy (non-hydrogen) atoms. The monoisotopic (exact) mass is 443 g/mol. The van der Waals surface area contributed by atoms with E-state index >= 15 is 0 Å². The number of carboxylic acids is 2. The molecule has 3 atom stereocenters. The van der Waals surface area contributed by atoms with Crippen molar-refractivity contribution in [1.82, 2.24) is 14.9 Å². The van der Waals surface area contributed by atoms with Gasteiger partial charge in [-0.05, 0) is 39.8 Å². The van der Waals surface area contributed by atoms with E-state index in [0.29, 0.717) is 4.31 Å². The molecule has 0 saturated heterocycles. The van der Waals surface area contributed by atoms with Crippen molar-refractivity contribution in [2.24, 2.45) is 0 Å². The summed E-state index contributed by atoms with van der Waals surface area (Å²) in [6.07, 6.45) is 0. The summed E-state index contributed by atoms with van der Waals surface area (Å²) < 4.78 is 26.8. The SMILES string of the molecule is Cc1ccc(S(=O)(=O)N(CC(=O)N[C@@H](C)C(=O)O)[C@H](C)C(=O)N[C@@H](C)C(=O)O)cc1. The molecule has 166 valence electrons. The number of nitrogens with one attached hydrogen (secondary N) is 2. The van der Waals surface area contributed by atoms with E-state index in [0.717, 1.165) is 5.56 Å². The topological polar surface area (TPSA) is 170 Å². The Hall–Kier alpha value is -2.99. The van der Waals surface area contributed by atoms with Gasteiger partial charge in [-0.15, -0.1) is 0 Å². The van der Waals surface area contributed by atoms with Gasteiger partial charge < -0.3 is 20.8 Å². The maximum absolute atomic E-state index is 13.1. The highest BCUT2D eigenvalue weighted by Crippen LogP contribution is 2.19. The molecule has 0 aliphatic carbocycles. The summed E-state index contributed by atoms with van der Waals surface area (Å²) in [6, 6.07) is 1.66. The van der Waals surface area contributed by atoms with Crippen LogP contribution in [0.2, 0.25) is 0 Å². The highest BCUT2D eigenvalue weighted by molar-refractivity contribution is 7.89. The molecule has 0 aliphatic heterocycles. The first-order valence-electron chi connectivity index (χ1n) is 8.91. The van der Waals surface area contributed by atoms with Crippen LogP contribution in [-0.4, -0.2) is 71.4 Å². The van der Waals surface area contributed by atoms with Gasteiger partial charge in [0.05, 0.1) is 11.4 Å². The summed E-state index contributed by atoms with van der Waals surface area (Å²) in [6.45, 7) is 4.50. The standard InChI is InChI=1S/C18H25N3O8S/c1-10-5-7-14(8-6-10)30(28,29)21(9-15(22)19-11(2)17(24)25)13(4)16(23)20-12(3)18(26)27/h5-8,11-13H,9H2,1-4H3,(H,19,22)(H,20,23)(H,24,25)(H,26,27)/t11-,12-,13+/m0/s1. The van der Waals surface area contributed by atoms with Crippen molar-refractivity contribution in [2.45, 2.75) is 50.7 Å². The number of amides is 2. The van der Waals surface area contributed by atoms with Crippen molar-refractivity contribution in [2.75, 3.05) is 6.54 Å². The van der Waals surface area contributed by atoms with Gasteiger partial charge in [0.25, 0.3) is 0 Å². The molecule has 11 nitrogen and oxygen atoms in total. The number of carboxylic acid groups (broad SMARTS) is 2. The molecule has 0 unspecified atom stereocenters. The van der Waals surface area contributed by atoms with E-state index in [4.69, 9.17) is 10.2 Å². The molecular formula is C18H25N3O8S. The minimum Gasteiger partial charge on any atom is -0.480 e. The minimum atomic E-state index is -4.35. The molecule has 12 heteroatoms. The summed E-state index contributed by atoms with van der Waals surface area (Å²) in [5.74, 6) is -4.51. The van der Waals surface area contributed by atoms with Gasteiger partial charge in [-0.1, -0.05) is 17.7 Å². The lowest BCUT2D eigenvalue weighted by Gasteiger charge is -2.28. The average molecular weight is 443 g/mol. The van der Waals surface area contributed by atoms with E-state index in [9.17, 15) is 27.6 Å². The number of carbonyl (C=O) groups excluding carboxylic acids is 2. The molecule has 0 radical (unpaired) electrons. The van der Waals surface area contributed by atoms with E-state index < -0.39 is 58.4 Å². The molecule has 4 N–H and O–H groups in total. The Labute approximate surface area is 174 Å². The quantitative estimate of drug-likeness (QED) is 0.377. The number of benzene rings is 1. The van der Waals surface area contributed by atoms with Crippen molar-refractivity contribution in [3.05, 3.63) is 29.8 Å². The van der Waals surface area contributed by atoms with Crippen molar-refractivity contribution >= 4 is 33.8 Å². The van der Waals surface area contributed by atoms with Crippen molar-refractivity contribution < 1.29 is 37.8 Å². The number of carbonyl (C=O) groups is 4. The van der Waals surface area contributed by atoms with E-state index in [2.05, 4.69) is 10.6 Å². The zero-order valence-electron chi connectivity index (χ0n) is 16.9. The number of aliphatic carboxylic acids is 2. The number of hydrogen-bond acceptors (Lipinski definition) is 6. The molecule has 1 rings (SSSR count). The van der Waals surface area contributed by atoms with Gasteiger partial charge in [-0.2, -0.15) is 4.31 Å². The number of sulfonamides is 1. The van der Waals surface area contributed by atoms with Crippen LogP contribution in [0.5, 0.6) is 0 Å². The minimum absolute atomic E-state index is 0.182. The lowest BCUT2D eigenvalue weighted by molar-refractivity contribution is -0.142. The fourth-order valence-electron chi connectivity index (χ4n) is 2.29. The summed E-state index contributed by atoms with van der Waals surface area (Å²) in [4.78, 5) is 46.4. The van der Waals surface area contributed by atoms with Gasteiger partial charge in [0.2, 0.25) is 21.8 Å². The van der Waals surface area contributed by atoms with Crippen LogP contribution >= 0.6 is 0 Å². The molecule has 0 aliphatic rings. The van der Waals surface area contributed by atoms with Gasteiger partial charge in [-0.3, -0.25) is 19.2 Å². The molecule has 0 aromatic heterocycles. The summed E-state index contributed by atoms with van der Waals surface area (Å²) in [7, 11) is -4.35. The first kappa shape index (κ1) is 25.0. The third-order valence-corrected chi connectivity index (χ3v) is 6.15. The predicted octanol–water partition coefficient (Wildman–Crippen LogP) is -0.447. The van der Waals surface area contributed by atoms with Gasteiger partial charge in [-0.25, -0.2) is 8.42 Å². The number of nitrogens with zero attached hydrogens (tertiary/aromatic N) is 1. The predicted molar refractivity (Wildman–Crippen MR) is 105 cm³/mol. The maximum Gasteiger partial charge on any atom is 0.325 e. The van der Waals surface area contributed by atoms with Gasteiger partial charge >= 0.3 is 11.9 Å². The molecule has 0 fully saturated rings. The van der Waals surface area contributed by atoms with E-state index in [1.807, 2.05) is 0 Å². The third kappa shape index (κ3) is 6.52. The summed E-state index contributed by atoms with van der Waals surface area (Å²) in [5.41, 5.74) is 0.787. The zero-order chi connectivity index (χ0) is 23.2. The van der Waals surface area contributed by atoms with Crippen molar-refractivity contribution in [1.29, 1.82) is 0 Å². The van der Waals surface area contributed by atoms with Crippen LogP contribution in [0.15, 0.2) is 29.2 Å². The second-order valence-electron chi connectivity index (χ2n) is 6.74. The molecule has 2 amide bonds. The first-order valence-corrected chi connectivity index (χ1v) is 10.3. The van der Waals surface area contributed by atoms with Crippen molar-refractivity contribution in [3.63, 3.8) is 0 Å². The summed E-state index contributed by atoms with van der Waals surface area (Å²) in [5, 5.41) is 22.1. The van der Waals surface area contributed by atoms with E-state index in [-0.39, 0.29) is 4.90 Å².